The average molecular weight is 393 g/mol. The van der Waals surface area contributed by atoms with E-state index in [4.69, 9.17) is 4.74 Å². The minimum atomic E-state index is -0.126. The second-order valence-corrected chi connectivity index (χ2v) is 7.11. The van der Waals surface area contributed by atoms with Gasteiger partial charge in [-0.05, 0) is 31.0 Å². The molecule has 1 N–H and O–H groups in total. The van der Waals surface area contributed by atoms with Crippen LogP contribution in [0.25, 0.3) is 0 Å². The number of amides is 2. The van der Waals surface area contributed by atoms with Gasteiger partial charge in [0.05, 0.1) is 13.2 Å². The van der Waals surface area contributed by atoms with E-state index >= 15 is 0 Å². The molecule has 0 aliphatic rings. The first kappa shape index (κ1) is 20.5. The van der Waals surface area contributed by atoms with E-state index in [1.54, 1.807) is 25.3 Å². The van der Waals surface area contributed by atoms with Gasteiger partial charge in [0.15, 0.2) is 0 Å². The van der Waals surface area contributed by atoms with Crippen LogP contribution in [0.2, 0.25) is 0 Å². The summed E-state index contributed by atoms with van der Waals surface area (Å²) in [5.41, 5.74) is 3.21. The van der Waals surface area contributed by atoms with Crippen LogP contribution in [0.4, 0.5) is 4.79 Å². The van der Waals surface area contributed by atoms with Gasteiger partial charge in [-0.15, -0.1) is 0 Å². The van der Waals surface area contributed by atoms with Gasteiger partial charge in [-0.3, -0.25) is 0 Å². The van der Waals surface area contributed by atoms with E-state index < -0.39 is 0 Å². The molecule has 0 saturated carbocycles. The normalized spacial score (nSPS) is 11.7. The Bertz CT molecular complexity index is 967. The van der Waals surface area contributed by atoms with Gasteiger partial charge < -0.3 is 19.5 Å². The lowest BCUT2D eigenvalue weighted by atomic mass is 10.1. The summed E-state index contributed by atoms with van der Waals surface area (Å²) in [5, 5.41) is 3.01. The van der Waals surface area contributed by atoms with Gasteiger partial charge >= 0.3 is 6.03 Å². The van der Waals surface area contributed by atoms with Gasteiger partial charge in [0.1, 0.15) is 11.6 Å². The highest BCUT2D eigenvalue weighted by Crippen LogP contribution is 2.28. The number of ether oxygens (including phenoxy) is 1. The van der Waals surface area contributed by atoms with Crippen molar-refractivity contribution >= 4 is 6.03 Å². The van der Waals surface area contributed by atoms with E-state index in [2.05, 4.69) is 27.0 Å². The first-order chi connectivity index (χ1) is 14.0. The molecule has 0 aliphatic heterocycles. The molecule has 1 aromatic heterocycles. The number of carbonyl (C=O) groups excluding carboxylic acids is 1. The molecule has 1 atom stereocenters. The zero-order chi connectivity index (χ0) is 20.8. The summed E-state index contributed by atoms with van der Waals surface area (Å²) in [7, 11) is 3.44. The number of carbonyl (C=O) groups is 1. The molecule has 3 aromatic rings. The van der Waals surface area contributed by atoms with E-state index in [9.17, 15) is 4.79 Å². The van der Waals surface area contributed by atoms with Crippen LogP contribution in [0, 0.1) is 6.92 Å². The topological polar surface area (TPSA) is 59.4 Å². The third kappa shape index (κ3) is 4.96. The fraction of sp³-hybridized carbons (Fsp3) is 0.304. The van der Waals surface area contributed by atoms with Crippen LogP contribution < -0.4 is 10.1 Å². The van der Waals surface area contributed by atoms with Crippen LogP contribution in [0.15, 0.2) is 60.9 Å². The van der Waals surface area contributed by atoms with Gasteiger partial charge in [0.2, 0.25) is 0 Å². The van der Waals surface area contributed by atoms with Crippen molar-refractivity contribution < 1.29 is 9.53 Å². The Morgan fingerprint density at radius 3 is 2.69 bits per heavy atom. The van der Waals surface area contributed by atoms with Crippen molar-refractivity contribution in [1.82, 2.24) is 19.8 Å². The molecule has 6 heteroatoms. The highest BCUT2D eigenvalue weighted by Gasteiger charge is 2.20. The summed E-state index contributed by atoms with van der Waals surface area (Å²) in [6, 6.07) is 15.8. The lowest BCUT2D eigenvalue weighted by Crippen LogP contribution is -2.38. The summed E-state index contributed by atoms with van der Waals surface area (Å²) in [5.74, 6) is 1.76. The largest absolute Gasteiger partial charge is 0.496 e. The molecule has 3 rings (SSSR count). The molecule has 152 valence electrons. The quantitative estimate of drug-likeness (QED) is 0.657. The maximum Gasteiger partial charge on any atom is 0.317 e. The van der Waals surface area contributed by atoms with Crippen molar-refractivity contribution in [3.8, 4) is 5.75 Å². The molecule has 0 radical (unpaired) electrons. The fourth-order valence-corrected chi connectivity index (χ4v) is 3.30. The number of imidazole rings is 1. The van der Waals surface area contributed by atoms with E-state index in [1.165, 1.54) is 5.56 Å². The molecular weight excluding hydrogens is 364 g/mol. The zero-order valence-corrected chi connectivity index (χ0v) is 17.4. The fourth-order valence-electron chi connectivity index (χ4n) is 3.30. The van der Waals surface area contributed by atoms with E-state index in [1.807, 2.05) is 56.4 Å². The molecule has 1 unspecified atom stereocenters. The van der Waals surface area contributed by atoms with Gasteiger partial charge in [-0.25, -0.2) is 9.78 Å². The van der Waals surface area contributed by atoms with E-state index in [-0.39, 0.29) is 12.1 Å². The van der Waals surface area contributed by atoms with Crippen molar-refractivity contribution in [2.75, 3.05) is 14.2 Å². The van der Waals surface area contributed by atoms with E-state index in [0.29, 0.717) is 6.54 Å². The Morgan fingerprint density at radius 2 is 1.97 bits per heavy atom. The van der Waals surface area contributed by atoms with Crippen LogP contribution in [-0.4, -0.2) is 34.6 Å². The molecule has 2 amide bonds. The number of aromatic nitrogens is 2. The molecule has 2 aromatic carbocycles. The molecule has 29 heavy (non-hydrogen) atoms. The van der Waals surface area contributed by atoms with Crippen LogP contribution in [-0.2, 0) is 13.1 Å². The Morgan fingerprint density at radius 1 is 1.21 bits per heavy atom. The number of urea groups is 1. The van der Waals surface area contributed by atoms with Crippen LogP contribution in [0.5, 0.6) is 5.75 Å². The lowest BCUT2D eigenvalue weighted by Gasteiger charge is -2.26. The Hall–Kier alpha value is -3.28. The van der Waals surface area contributed by atoms with Gasteiger partial charge in [-0.2, -0.15) is 0 Å². The van der Waals surface area contributed by atoms with Crippen molar-refractivity contribution in [2.24, 2.45) is 0 Å². The SMILES string of the molecule is COc1ccccc1C(C)N(C)C(=O)NCc1cccc(Cn2ccnc2C)c1. The monoisotopic (exact) mass is 392 g/mol. The minimum Gasteiger partial charge on any atom is -0.496 e. The van der Waals surface area contributed by atoms with Crippen LogP contribution in [0.1, 0.15) is 35.5 Å². The summed E-state index contributed by atoms with van der Waals surface area (Å²) in [6.45, 7) is 5.21. The molecule has 0 saturated heterocycles. The third-order valence-electron chi connectivity index (χ3n) is 5.20. The molecule has 1 heterocycles. The molecule has 6 nitrogen and oxygen atoms in total. The van der Waals surface area contributed by atoms with E-state index in [0.717, 1.165) is 29.2 Å². The van der Waals surface area contributed by atoms with Gasteiger partial charge in [-0.1, -0.05) is 42.5 Å². The number of rotatable bonds is 7. The summed E-state index contributed by atoms with van der Waals surface area (Å²) < 4.78 is 7.52. The van der Waals surface area contributed by atoms with Gasteiger partial charge in [0, 0.05) is 38.1 Å². The number of aryl methyl sites for hydroxylation is 1. The maximum absolute atomic E-state index is 12.7. The standard InChI is InChI=1S/C23H28N4O2/c1-17(21-10-5-6-11-22(21)29-4)26(3)23(28)25-15-19-8-7-9-20(14-19)16-27-13-12-24-18(27)2/h5-14,17H,15-16H2,1-4H3,(H,25,28). The Balaban J connectivity index is 1.61. The van der Waals surface area contributed by atoms with Crippen molar-refractivity contribution in [3.63, 3.8) is 0 Å². The Labute approximate surface area is 172 Å². The average Bonchev–Trinajstić information content (AvgIpc) is 3.15. The maximum atomic E-state index is 12.7. The van der Waals surface area contributed by atoms with Crippen molar-refractivity contribution in [1.29, 1.82) is 0 Å². The first-order valence-corrected chi connectivity index (χ1v) is 9.68. The molecule has 0 bridgehead atoms. The number of methoxy groups -OCH3 is 1. The second kappa shape index (κ2) is 9.28. The predicted octanol–water partition coefficient (Wildman–Crippen LogP) is 4.15. The molecule has 0 spiro atoms. The third-order valence-corrected chi connectivity index (χ3v) is 5.20. The summed E-state index contributed by atoms with van der Waals surface area (Å²) in [4.78, 5) is 18.6. The summed E-state index contributed by atoms with van der Waals surface area (Å²) in [6.07, 6.45) is 3.77. The number of nitrogens with one attached hydrogen (secondary N) is 1. The zero-order valence-electron chi connectivity index (χ0n) is 17.4. The second-order valence-electron chi connectivity index (χ2n) is 7.11. The number of para-hydroxylation sites is 1. The van der Waals surface area contributed by atoms with Crippen LogP contribution >= 0.6 is 0 Å². The number of hydrogen-bond acceptors (Lipinski definition) is 3. The van der Waals surface area contributed by atoms with Gasteiger partial charge in [0.25, 0.3) is 0 Å². The van der Waals surface area contributed by atoms with Crippen molar-refractivity contribution in [3.05, 3.63) is 83.4 Å². The number of benzene rings is 2. The predicted molar refractivity (Wildman–Crippen MR) is 114 cm³/mol. The first-order valence-electron chi connectivity index (χ1n) is 9.68. The smallest absolute Gasteiger partial charge is 0.317 e. The molecule has 0 fully saturated rings. The number of nitrogens with zero attached hydrogens (tertiary/aromatic N) is 3. The highest BCUT2D eigenvalue weighted by molar-refractivity contribution is 5.74. The van der Waals surface area contributed by atoms with Crippen LogP contribution in [0.3, 0.4) is 0 Å². The Kier molecular flexibility index (Phi) is 6.54. The number of hydrogen-bond donors (Lipinski definition) is 1. The molecular formula is C23H28N4O2. The molecule has 0 aliphatic carbocycles. The highest BCUT2D eigenvalue weighted by atomic mass is 16.5. The lowest BCUT2D eigenvalue weighted by molar-refractivity contribution is 0.193. The van der Waals surface area contributed by atoms with Crippen molar-refractivity contribution in [2.45, 2.75) is 33.0 Å². The summed E-state index contributed by atoms with van der Waals surface area (Å²) >= 11 is 0. The minimum absolute atomic E-state index is 0.110.